The van der Waals surface area contributed by atoms with Crippen molar-refractivity contribution >= 4 is 29.8 Å². The van der Waals surface area contributed by atoms with Crippen molar-refractivity contribution in [3.8, 4) is 0 Å². The number of carboxylic acids is 1. The number of rotatable bonds is 9. The van der Waals surface area contributed by atoms with Crippen molar-refractivity contribution in [2.45, 2.75) is 25.4 Å². The van der Waals surface area contributed by atoms with Gasteiger partial charge in [-0.2, -0.15) is 0 Å². The molecule has 1 rings (SSSR count). The standard InChI is InChI=1S/C15H18N2O6/c1-9(15(22)23-2)17-11-6-4-3-5-10(11)14(21)12(16-8-18)7-13(19)20/h3-6,8-9,12,17H,7H2,1-2H3,(H,16,18)(H,19,20)/t9?,12-/m0/s1. The molecule has 8 nitrogen and oxygen atoms in total. The molecule has 8 heteroatoms. The van der Waals surface area contributed by atoms with Crippen molar-refractivity contribution in [2.24, 2.45) is 0 Å². The summed E-state index contributed by atoms with van der Waals surface area (Å²) >= 11 is 0. The summed E-state index contributed by atoms with van der Waals surface area (Å²) in [6, 6.07) is 4.41. The van der Waals surface area contributed by atoms with Crippen LogP contribution in [0.4, 0.5) is 5.69 Å². The van der Waals surface area contributed by atoms with Crippen LogP contribution in [0.1, 0.15) is 23.7 Å². The molecule has 0 heterocycles. The van der Waals surface area contributed by atoms with E-state index in [1.165, 1.54) is 13.2 Å². The minimum atomic E-state index is -1.22. The normalized spacial score (nSPS) is 12.6. The van der Waals surface area contributed by atoms with Crippen LogP contribution in [-0.2, 0) is 19.1 Å². The van der Waals surface area contributed by atoms with Crippen LogP contribution in [0.3, 0.4) is 0 Å². The summed E-state index contributed by atoms with van der Waals surface area (Å²) in [7, 11) is 1.24. The van der Waals surface area contributed by atoms with E-state index in [0.717, 1.165) is 0 Å². The van der Waals surface area contributed by atoms with Crippen LogP contribution >= 0.6 is 0 Å². The Morgan fingerprint density at radius 2 is 1.96 bits per heavy atom. The maximum absolute atomic E-state index is 12.5. The van der Waals surface area contributed by atoms with Crippen molar-refractivity contribution in [1.82, 2.24) is 5.32 Å². The van der Waals surface area contributed by atoms with Gasteiger partial charge in [0.05, 0.1) is 13.5 Å². The van der Waals surface area contributed by atoms with Crippen molar-refractivity contribution in [1.29, 1.82) is 0 Å². The van der Waals surface area contributed by atoms with Crippen LogP contribution in [0.25, 0.3) is 0 Å². The molecule has 0 saturated carbocycles. The molecule has 0 saturated heterocycles. The van der Waals surface area contributed by atoms with Gasteiger partial charge in [0.25, 0.3) is 0 Å². The van der Waals surface area contributed by atoms with Crippen molar-refractivity contribution in [3.05, 3.63) is 29.8 Å². The first-order valence-corrected chi connectivity index (χ1v) is 6.79. The van der Waals surface area contributed by atoms with E-state index in [1.807, 2.05) is 0 Å². The molecule has 1 unspecified atom stereocenters. The number of methoxy groups -OCH3 is 1. The predicted molar refractivity (Wildman–Crippen MR) is 81.1 cm³/mol. The highest BCUT2D eigenvalue weighted by Gasteiger charge is 2.25. The zero-order valence-corrected chi connectivity index (χ0v) is 12.7. The first kappa shape index (κ1) is 18.1. The lowest BCUT2D eigenvalue weighted by Crippen LogP contribution is -2.38. The quantitative estimate of drug-likeness (QED) is 0.342. The molecular formula is C15H18N2O6. The largest absolute Gasteiger partial charge is 0.481 e. The van der Waals surface area contributed by atoms with Crippen LogP contribution < -0.4 is 10.6 Å². The number of amides is 1. The number of esters is 1. The summed E-state index contributed by atoms with van der Waals surface area (Å²) in [6.07, 6.45) is -0.267. The average molecular weight is 322 g/mol. The van der Waals surface area contributed by atoms with Gasteiger partial charge >= 0.3 is 11.9 Å². The van der Waals surface area contributed by atoms with E-state index in [4.69, 9.17) is 5.11 Å². The van der Waals surface area contributed by atoms with E-state index in [1.54, 1.807) is 25.1 Å². The monoisotopic (exact) mass is 322 g/mol. The molecule has 0 radical (unpaired) electrons. The molecule has 124 valence electrons. The third-order valence-electron chi connectivity index (χ3n) is 3.08. The first-order valence-electron chi connectivity index (χ1n) is 6.79. The highest BCUT2D eigenvalue weighted by Crippen LogP contribution is 2.19. The van der Waals surface area contributed by atoms with E-state index >= 15 is 0 Å². The smallest absolute Gasteiger partial charge is 0.327 e. The summed E-state index contributed by atoms with van der Waals surface area (Å²) in [5, 5.41) is 13.9. The van der Waals surface area contributed by atoms with Crippen molar-refractivity contribution in [3.63, 3.8) is 0 Å². The molecule has 1 amide bonds. The number of hydrogen-bond acceptors (Lipinski definition) is 6. The van der Waals surface area contributed by atoms with Gasteiger partial charge in [0.15, 0.2) is 5.78 Å². The SMILES string of the molecule is COC(=O)C(C)Nc1ccccc1C(=O)[C@H](CC(=O)O)NC=O. The third-order valence-corrected chi connectivity index (χ3v) is 3.08. The minimum absolute atomic E-state index is 0.170. The number of aliphatic carboxylic acids is 1. The van der Waals surface area contributed by atoms with Gasteiger partial charge in [0.2, 0.25) is 6.41 Å². The Morgan fingerprint density at radius 1 is 1.30 bits per heavy atom. The fourth-order valence-electron chi connectivity index (χ4n) is 1.96. The summed E-state index contributed by atoms with van der Waals surface area (Å²) < 4.78 is 4.60. The van der Waals surface area contributed by atoms with Crippen LogP contribution in [0, 0.1) is 0 Å². The molecule has 0 aliphatic carbocycles. The molecule has 0 aliphatic rings. The maximum atomic E-state index is 12.5. The first-order chi connectivity index (χ1) is 10.9. The summed E-state index contributed by atoms with van der Waals surface area (Å²) in [6.45, 7) is 1.56. The molecule has 0 bridgehead atoms. The van der Waals surface area contributed by atoms with Gasteiger partial charge in [-0.05, 0) is 19.1 Å². The number of para-hydroxylation sites is 1. The number of ether oxygens (including phenoxy) is 1. The summed E-state index contributed by atoms with van der Waals surface area (Å²) in [4.78, 5) is 45.4. The molecule has 0 aliphatic heterocycles. The number of hydrogen-bond donors (Lipinski definition) is 3. The number of Topliss-reactive ketones (excluding diaryl/α,β-unsaturated/α-hetero) is 1. The summed E-state index contributed by atoms with van der Waals surface area (Å²) in [5.74, 6) is -2.30. The number of benzene rings is 1. The van der Waals surface area contributed by atoms with Crippen LogP contribution in [0.2, 0.25) is 0 Å². The molecule has 1 aromatic carbocycles. The minimum Gasteiger partial charge on any atom is -0.481 e. The molecule has 0 aromatic heterocycles. The average Bonchev–Trinajstić information content (AvgIpc) is 2.53. The zero-order chi connectivity index (χ0) is 17.4. The van der Waals surface area contributed by atoms with Crippen LogP contribution in [0.5, 0.6) is 0 Å². The topological polar surface area (TPSA) is 122 Å². The Kier molecular flexibility index (Phi) is 6.72. The fraction of sp³-hybridized carbons (Fsp3) is 0.333. The van der Waals surface area contributed by atoms with Gasteiger partial charge in [-0.15, -0.1) is 0 Å². The van der Waals surface area contributed by atoms with Crippen LogP contribution in [0.15, 0.2) is 24.3 Å². The predicted octanol–water partition coefficient (Wildman–Crippen LogP) is 0.432. The Morgan fingerprint density at radius 3 is 2.52 bits per heavy atom. The van der Waals surface area contributed by atoms with Gasteiger partial charge in [0, 0.05) is 11.3 Å². The van der Waals surface area contributed by atoms with E-state index < -0.39 is 36.2 Å². The lowest BCUT2D eigenvalue weighted by molar-refractivity contribution is -0.141. The third kappa shape index (κ3) is 5.10. The maximum Gasteiger partial charge on any atom is 0.327 e. The van der Waals surface area contributed by atoms with Gasteiger partial charge in [-0.3, -0.25) is 14.4 Å². The van der Waals surface area contributed by atoms with Crippen molar-refractivity contribution in [2.75, 3.05) is 12.4 Å². The molecule has 1 aromatic rings. The molecule has 3 N–H and O–H groups in total. The van der Waals surface area contributed by atoms with Crippen molar-refractivity contribution < 1.29 is 29.0 Å². The van der Waals surface area contributed by atoms with Crippen LogP contribution in [-0.4, -0.2) is 48.4 Å². The Labute approximate surface area is 132 Å². The number of carboxylic acid groups (broad SMARTS) is 1. The van der Waals surface area contributed by atoms with E-state index in [0.29, 0.717) is 5.69 Å². The number of ketones is 1. The Bertz CT molecular complexity index is 601. The molecular weight excluding hydrogens is 304 g/mol. The number of anilines is 1. The zero-order valence-electron chi connectivity index (χ0n) is 12.7. The lowest BCUT2D eigenvalue weighted by Gasteiger charge is -2.18. The van der Waals surface area contributed by atoms with E-state index in [9.17, 15) is 19.2 Å². The molecule has 0 fully saturated rings. The number of nitrogens with one attached hydrogen (secondary N) is 2. The fourth-order valence-corrected chi connectivity index (χ4v) is 1.96. The second-order valence-corrected chi connectivity index (χ2v) is 4.73. The molecule has 0 spiro atoms. The highest BCUT2D eigenvalue weighted by molar-refractivity contribution is 6.06. The number of carbonyl (C=O) groups excluding carboxylic acids is 3. The van der Waals surface area contributed by atoms with Gasteiger partial charge < -0.3 is 20.5 Å². The molecule has 23 heavy (non-hydrogen) atoms. The van der Waals surface area contributed by atoms with Gasteiger partial charge in [-0.25, -0.2) is 4.79 Å². The highest BCUT2D eigenvalue weighted by atomic mass is 16.5. The Hall–Kier alpha value is -2.90. The lowest BCUT2D eigenvalue weighted by atomic mass is 9.99. The number of carbonyl (C=O) groups is 4. The van der Waals surface area contributed by atoms with Gasteiger partial charge in [0.1, 0.15) is 12.1 Å². The second kappa shape index (κ2) is 8.52. The summed E-state index contributed by atoms with van der Waals surface area (Å²) in [5.41, 5.74) is 0.516. The van der Waals surface area contributed by atoms with E-state index in [-0.39, 0.29) is 12.0 Å². The van der Waals surface area contributed by atoms with E-state index in [2.05, 4.69) is 15.4 Å². The molecule has 2 atom stereocenters. The second-order valence-electron chi connectivity index (χ2n) is 4.73. The Balaban J connectivity index is 3.06. The van der Waals surface area contributed by atoms with Gasteiger partial charge in [-0.1, -0.05) is 12.1 Å².